The first-order valence-corrected chi connectivity index (χ1v) is 27.2. The Bertz CT molecular complexity index is 556. The summed E-state index contributed by atoms with van der Waals surface area (Å²) in [6, 6.07) is 0. The van der Waals surface area contributed by atoms with E-state index in [4.69, 9.17) is 17.0 Å². The Morgan fingerprint density at radius 3 is 2.03 bits per heavy atom. The standard InChI is InChI=1S/C26H50Si2.2CH3.2ClH.Zr/c1-6-7-10-20-13-15-22(19-20)27(2,3)28(4,5)26-18-17-24-23-12-9-8-11-21(23)14-16-25(24)26;;;;;/h20-26H,6-19H2,1-5H3;2*1H3;2*1H;/q;2*-1;;;+4/p-2. The van der Waals surface area contributed by atoms with Crippen molar-refractivity contribution in [1.82, 2.24) is 0 Å². The maximum absolute atomic E-state index is 4.93. The van der Waals surface area contributed by atoms with Crippen molar-refractivity contribution in [2.75, 3.05) is 0 Å². The Morgan fingerprint density at radius 1 is 0.727 bits per heavy atom. The van der Waals surface area contributed by atoms with Crippen LogP contribution in [0.15, 0.2) is 0 Å². The van der Waals surface area contributed by atoms with Gasteiger partial charge in [0, 0.05) is 15.2 Å². The molecule has 7 atom stereocenters. The summed E-state index contributed by atoms with van der Waals surface area (Å²) >= 11 is -0.826. The van der Waals surface area contributed by atoms with Crippen molar-refractivity contribution in [3.8, 4) is 0 Å². The summed E-state index contributed by atoms with van der Waals surface area (Å²) in [7, 11) is 7.59. The molecule has 7 unspecified atom stereocenters. The van der Waals surface area contributed by atoms with Crippen LogP contribution in [0.25, 0.3) is 0 Å². The quantitative estimate of drug-likeness (QED) is 0.207. The molecule has 4 saturated carbocycles. The Kier molecular flexibility index (Phi) is 14.7. The zero-order chi connectivity index (χ0) is 22.6. The van der Waals surface area contributed by atoms with Gasteiger partial charge in [0.05, 0.1) is 0 Å². The Hall–Kier alpha value is 1.90. The molecule has 0 aliphatic heterocycles. The fourth-order valence-corrected chi connectivity index (χ4v) is 23.1. The van der Waals surface area contributed by atoms with E-state index in [9.17, 15) is 0 Å². The topological polar surface area (TPSA) is 0 Å². The molecule has 4 rings (SSSR count). The van der Waals surface area contributed by atoms with Crippen molar-refractivity contribution in [2.45, 2.75) is 134 Å². The number of hydrogen-bond donors (Lipinski definition) is 0. The SMILES string of the molecule is CCCCC1CCC([Si](C)(C)[Si](C)(C)C2CCC3C4CCCCC4CCC32)C1.[CH3-].[CH3-].[Cl][Zr+2][Cl]. The van der Waals surface area contributed by atoms with Gasteiger partial charge in [-0.3, -0.25) is 0 Å². The van der Waals surface area contributed by atoms with Gasteiger partial charge in [0.25, 0.3) is 0 Å². The molecule has 0 nitrogen and oxygen atoms in total. The molecule has 0 heterocycles. The molecule has 4 fully saturated rings. The molecule has 0 aromatic rings. The molecule has 0 radical (unpaired) electrons. The van der Waals surface area contributed by atoms with Crippen LogP contribution in [0.1, 0.15) is 96.8 Å². The summed E-state index contributed by atoms with van der Waals surface area (Å²) in [6.45, 7) is 13.9. The van der Waals surface area contributed by atoms with Crippen molar-refractivity contribution in [1.29, 1.82) is 0 Å². The first-order chi connectivity index (χ1) is 14.8. The molecule has 0 aromatic heterocycles. The van der Waals surface area contributed by atoms with Gasteiger partial charge in [-0.1, -0.05) is 97.3 Å². The van der Waals surface area contributed by atoms with Gasteiger partial charge in [-0.25, -0.2) is 0 Å². The Morgan fingerprint density at radius 2 is 1.36 bits per heavy atom. The van der Waals surface area contributed by atoms with Crippen LogP contribution in [-0.4, -0.2) is 15.2 Å². The summed E-state index contributed by atoms with van der Waals surface area (Å²) < 4.78 is 0. The second kappa shape index (κ2) is 14.7. The minimum absolute atomic E-state index is 0. The number of fused-ring (bicyclic) bond motifs is 3. The first kappa shape index (κ1) is 32.9. The average Bonchev–Trinajstić information content (AvgIpc) is 3.40. The fraction of sp³-hybridized carbons (Fsp3) is 0.929. The van der Waals surface area contributed by atoms with Crippen molar-refractivity contribution in [2.24, 2.45) is 29.6 Å². The van der Waals surface area contributed by atoms with Crippen LogP contribution in [0.3, 0.4) is 0 Å². The van der Waals surface area contributed by atoms with Crippen LogP contribution in [0.5, 0.6) is 0 Å². The summed E-state index contributed by atoms with van der Waals surface area (Å²) in [5.74, 6) is 5.69. The monoisotopic (exact) mass is 608 g/mol. The molecule has 0 bridgehead atoms. The summed E-state index contributed by atoms with van der Waals surface area (Å²) in [6.07, 6.45) is 22.0. The van der Waals surface area contributed by atoms with Crippen molar-refractivity contribution >= 4 is 32.2 Å². The summed E-state index contributed by atoms with van der Waals surface area (Å²) in [5.41, 5.74) is 2.36. The van der Waals surface area contributed by atoms with Crippen LogP contribution >= 0.6 is 17.0 Å². The first-order valence-electron chi connectivity index (χ1n) is 13.7. The van der Waals surface area contributed by atoms with Crippen LogP contribution in [0.4, 0.5) is 0 Å². The van der Waals surface area contributed by atoms with Crippen molar-refractivity contribution < 1.29 is 20.8 Å². The van der Waals surface area contributed by atoms with Gasteiger partial charge < -0.3 is 14.9 Å². The van der Waals surface area contributed by atoms with Crippen molar-refractivity contribution in [3.63, 3.8) is 0 Å². The molecule has 4 aliphatic carbocycles. The molecule has 4 aliphatic rings. The molecular weight excluding hydrogens is 555 g/mol. The molecule has 0 spiro atoms. The summed E-state index contributed by atoms with van der Waals surface area (Å²) in [4.78, 5) is 0. The average molecular weight is 611 g/mol. The zero-order valence-corrected chi connectivity index (χ0v) is 29.2. The predicted molar refractivity (Wildman–Crippen MR) is 155 cm³/mol. The van der Waals surface area contributed by atoms with Gasteiger partial charge in [0.2, 0.25) is 0 Å². The van der Waals surface area contributed by atoms with Crippen LogP contribution in [0.2, 0.25) is 37.3 Å². The van der Waals surface area contributed by atoms with E-state index in [0.29, 0.717) is 0 Å². The molecule has 5 heteroatoms. The van der Waals surface area contributed by atoms with E-state index in [1.807, 2.05) is 0 Å². The number of hydrogen-bond acceptors (Lipinski definition) is 0. The van der Waals surface area contributed by atoms with E-state index in [-0.39, 0.29) is 14.9 Å². The molecular formula is C28H56Cl2Si2Zr. The molecule has 194 valence electrons. The van der Waals surface area contributed by atoms with E-state index in [1.165, 1.54) is 30.3 Å². The van der Waals surface area contributed by atoms with Crippen LogP contribution in [-0.2, 0) is 20.8 Å². The van der Waals surface area contributed by atoms with Crippen molar-refractivity contribution in [3.05, 3.63) is 14.9 Å². The van der Waals surface area contributed by atoms with Gasteiger partial charge >= 0.3 is 37.9 Å². The van der Waals surface area contributed by atoms with E-state index in [2.05, 4.69) is 33.1 Å². The van der Waals surface area contributed by atoms with Gasteiger partial charge in [-0.2, -0.15) is 0 Å². The normalized spacial score (nSPS) is 35.7. The van der Waals surface area contributed by atoms with Gasteiger partial charge in [0.1, 0.15) is 0 Å². The third kappa shape index (κ3) is 7.27. The Labute approximate surface area is 230 Å². The molecule has 0 saturated heterocycles. The van der Waals surface area contributed by atoms with E-state index < -0.39 is 36.0 Å². The maximum atomic E-state index is 4.93. The number of unbranched alkanes of at least 4 members (excludes halogenated alkanes) is 1. The Balaban J connectivity index is 0.00000103. The molecule has 0 N–H and O–H groups in total. The number of rotatable bonds is 6. The van der Waals surface area contributed by atoms with Gasteiger partial charge in [-0.05, 0) is 66.4 Å². The third-order valence-electron chi connectivity index (χ3n) is 11.4. The second-order valence-electron chi connectivity index (χ2n) is 12.8. The third-order valence-corrected chi connectivity index (χ3v) is 32.1. The van der Waals surface area contributed by atoms with E-state index in [1.54, 1.807) is 70.6 Å². The zero-order valence-electron chi connectivity index (χ0n) is 23.2. The number of halogens is 2. The van der Waals surface area contributed by atoms with E-state index >= 15 is 0 Å². The van der Waals surface area contributed by atoms with E-state index in [0.717, 1.165) is 29.6 Å². The predicted octanol–water partition coefficient (Wildman–Crippen LogP) is 11.1. The van der Waals surface area contributed by atoms with Gasteiger partial charge in [-0.15, -0.1) is 0 Å². The summed E-state index contributed by atoms with van der Waals surface area (Å²) in [5, 5.41) is 0. The van der Waals surface area contributed by atoms with Gasteiger partial charge in [0.15, 0.2) is 0 Å². The molecule has 0 amide bonds. The second-order valence-corrected chi connectivity index (χ2v) is 32.7. The molecule has 0 aromatic carbocycles. The minimum atomic E-state index is -1.15. The fourth-order valence-electron chi connectivity index (χ4n) is 9.00. The van der Waals surface area contributed by atoms with Crippen LogP contribution < -0.4 is 0 Å². The van der Waals surface area contributed by atoms with Crippen LogP contribution in [0, 0.1) is 44.4 Å². The molecule has 33 heavy (non-hydrogen) atoms.